The van der Waals surface area contributed by atoms with Gasteiger partial charge in [0.2, 0.25) is 5.91 Å². The summed E-state index contributed by atoms with van der Waals surface area (Å²) in [4.78, 5) is 23.7. The first-order valence-corrected chi connectivity index (χ1v) is 7.77. The predicted octanol–water partition coefficient (Wildman–Crippen LogP) is 3.54. The number of esters is 1. The van der Waals surface area contributed by atoms with Crippen LogP contribution in [-0.4, -0.2) is 25.0 Å². The molecule has 0 fully saturated rings. The monoisotopic (exact) mass is 299 g/mol. The number of rotatable bonds is 6. The van der Waals surface area contributed by atoms with E-state index < -0.39 is 5.41 Å². The molecule has 0 rings (SSSR count). The Hall–Kier alpha value is -1.06. The highest BCUT2D eigenvalue weighted by Crippen LogP contribution is 2.47. The van der Waals surface area contributed by atoms with Gasteiger partial charge in [-0.2, -0.15) is 0 Å². The van der Waals surface area contributed by atoms with Crippen LogP contribution >= 0.6 is 0 Å². The lowest BCUT2D eigenvalue weighted by atomic mass is 9.61. The van der Waals surface area contributed by atoms with Crippen molar-refractivity contribution >= 4 is 11.9 Å². The summed E-state index contributed by atoms with van der Waals surface area (Å²) in [5.74, 6) is -0.213. The van der Waals surface area contributed by atoms with Gasteiger partial charge in [0.1, 0.15) is 6.61 Å². The largest absolute Gasteiger partial charge is 0.463 e. The summed E-state index contributed by atoms with van der Waals surface area (Å²) in [6.07, 6.45) is 1.20. The van der Waals surface area contributed by atoms with Crippen molar-refractivity contribution in [3.05, 3.63) is 0 Å². The molecule has 0 aromatic rings. The lowest BCUT2D eigenvalue weighted by molar-refractivity contribution is -0.164. The maximum Gasteiger partial charge on any atom is 0.312 e. The van der Waals surface area contributed by atoms with Gasteiger partial charge in [-0.1, -0.05) is 48.5 Å². The highest BCUT2D eigenvalue weighted by atomic mass is 16.5. The summed E-state index contributed by atoms with van der Waals surface area (Å²) in [6.45, 7) is 17.0. The summed E-state index contributed by atoms with van der Waals surface area (Å²) in [7, 11) is 0. The Labute approximate surface area is 130 Å². The third kappa shape index (κ3) is 6.49. The third-order valence-electron chi connectivity index (χ3n) is 3.97. The Morgan fingerprint density at radius 3 is 1.90 bits per heavy atom. The van der Waals surface area contributed by atoms with Crippen LogP contribution in [0.1, 0.15) is 68.2 Å². The lowest BCUT2D eigenvalue weighted by Gasteiger charge is -2.43. The van der Waals surface area contributed by atoms with Crippen LogP contribution in [0.15, 0.2) is 0 Å². The molecule has 0 aromatic carbocycles. The van der Waals surface area contributed by atoms with E-state index in [0.717, 1.165) is 6.42 Å². The standard InChI is InChI=1S/C17H33NO3/c1-9-13(19)18-10-11-21-14(20)17(8,16(5,6)7)12-15(2,3)4/h9-12H2,1-8H3,(H,18,19). The van der Waals surface area contributed by atoms with E-state index in [1.165, 1.54) is 0 Å². The minimum absolute atomic E-state index is 0.0284. The molecule has 0 saturated carbocycles. The topological polar surface area (TPSA) is 55.4 Å². The Kier molecular flexibility index (Phi) is 6.91. The minimum atomic E-state index is -0.556. The lowest BCUT2D eigenvalue weighted by Crippen LogP contribution is -2.45. The Morgan fingerprint density at radius 1 is 1.00 bits per heavy atom. The van der Waals surface area contributed by atoms with Gasteiger partial charge in [0, 0.05) is 6.42 Å². The molecule has 0 aliphatic rings. The van der Waals surface area contributed by atoms with Crippen molar-refractivity contribution in [2.45, 2.75) is 68.2 Å². The van der Waals surface area contributed by atoms with Gasteiger partial charge in [0.25, 0.3) is 0 Å². The van der Waals surface area contributed by atoms with Gasteiger partial charge in [-0.15, -0.1) is 0 Å². The van der Waals surface area contributed by atoms with Gasteiger partial charge in [-0.25, -0.2) is 0 Å². The van der Waals surface area contributed by atoms with Crippen LogP contribution in [0.5, 0.6) is 0 Å². The molecule has 21 heavy (non-hydrogen) atoms. The van der Waals surface area contributed by atoms with Gasteiger partial charge in [0.15, 0.2) is 0 Å². The van der Waals surface area contributed by atoms with Crippen LogP contribution in [0.25, 0.3) is 0 Å². The van der Waals surface area contributed by atoms with Crippen molar-refractivity contribution in [2.24, 2.45) is 16.2 Å². The average molecular weight is 299 g/mol. The van der Waals surface area contributed by atoms with E-state index in [1.807, 2.05) is 6.92 Å². The third-order valence-corrected chi connectivity index (χ3v) is 3.97. The number of nitrogens with one attached hydrogen (secondary N) is 1. The Morgan fingerprint density at radius 2 is 1.52 bits per heavy atom. The zero-order valence-corrected chi connectivity index (χ0v) is 15.1. The smallest absolute Gasteiger partial charge is 0.312 e. The number of hydrogen-bond acceptors (Lipinski definition) is 3. The number of ether oxygens (including phenoxy) is 1. The van der Waals surface area contributed by atoms with E-state index in [2.05, 4.69) is 46.9 Å². The molecule has 0 saturated heterocycles. The van der Waals surface area contributed by atoms with Gasteiger partial charge in [-0.05, 0) is 24.2 Å². The molecule has 0 aliphatic heterocycles. The Bertz CT molecular complexity index is 363. The molecule has 4 heteroatoms. The maximum atomic E-state index is 12.6. The quantitative estimate of drug-likeness (QED) is 0.603. The van der Waals surface area contributed by atoms with Gasteiger partial charge >= 0.3 is 5.97 Å². The molecule has 1 amide bonds. The van der Waals surface area contributed by atoms with Crippen LogP contribution in [0.3, 0.4) is 0 Å². The second kappa shape index (κ2) is 7.28. The molecule has 4 nitrogen and oxygen atoms in total. The van der Waals surface area contributed by atoms with Gasteiger partial charge in [-0.3, -0.25) is 9.59 Å². The number of carbonyl (C=O) groups excluding carboxylic acids is 2. The highest BCUT2D eigenvalue weighted by molar-refractivity contribution is 5.77. The van der Waals surface area contributed by atoms with Crippen LogP contribution in [0.4, 0.5) is 0 Å². The number of hydrogen-bond donors (Lipinski definition) is 1. The SMILES string of the molecule is CCC(=O)NCCOC(=O)C(C)(CC(C)(C)C)C(C)(C)C. The second-order valence-electron chi connectivity index (χ2n) is 8.16. The first-order chi connectivity index (χ1) is 9.33. The predicted molar refractivity (Wildman–Crippen MR) is 85.9 cm³/mol. The zero-order chi connectivity index (χ0) is 16.9. The summed E-state index contributed by atoms with van der Waals surface area (Å²) in [6, 6.07) is 0. The molecule has 124 valence electrons. The average Bonchev–Trinajstić information content (AvgIpc) is 2.30. The molecule has 1 atom stereocenters. The van der Waals surface area contributed by atoms with Crippen molar-refractivity contribution in [3.63, 3.8) is 0 Å². The maximum absolute atomic E-state index is 12.6. The van der Waals surface area contributed by atoms with Crippen molar-refractivity contribution in [2.75, 3.05) is 13.2 Å². The fourth-order valence-electron chi connectivity index (χ4n) is 2.32. The van der Waals surface area contributed by atoms with Crippen molar-refractivity contribution in [3.8, 4) is 0 Å². The first-order valence-electron chi connectivity index (χ1n) is 7.77. The molecule has 0 aliphatic carbocycles. The Balaban J connectivity index is 4.73. The van der Waals surface area contributed by atoms with E-state index in [9.17, 15) is 9.59 Å². The van der Waals surface area contributed by atoms with Crippen molar-refractivity contribution in [1.29, 1.82) is 0 Å². The van der Waals surface area contributed by atoms with Gasteiger partial charge < -0.3 is 10.1 Å². The molecule has 0 heterocycles. The van der Waals surface area contributed by atoms with Crippen molar-refractivity contribution in [1.82, 2.24) is 5.32 Å². The van der Waals surface area contributed by atoms with Crippen molar-refractivity contribution < 1.29 is 14.3 Å². The van der Waals surface area contributed by atoms with E-state index in [-0.39, 0.29) is 29.3 Å². The van der Waals surface area contributed by atoms with Crippen LogP contribution in [0.2, 0.25) is 0 Å². The summed E-state index contributed by atoms with van der Waals surface area (Å²) >= 11 is 0. The molecule has 0 bridgehead atoms. The molecule has 1 unspecified atom stereocenters. The zero-order valence-electron chi connectivity index (χ0n) is 15.1. The van der Waals surface area contributed by atoms with Gasteiger partial charge in [0.05, 0.1) is 12.0 Å². The number of carbonyl (C=O) groups is 2. The van der Waals surface area contributed by atoms with E-state index in [1.54, 1.807) is 6.92 Å². The molecule has 1 N–H and O–H groups in total. The normalized spacial score (nSPS) is 15.2. The fourth-order valence-corrected chi connectivity index (χ4v) is 2.32. The fraction of sp³-hybridized carbons (Fsp3) is 0.882. The van der Waals surface area contributed by atoms with Crippen LogP contribution in [0, 0.1) is 16.2 Å². The molecule has 0 radical (unpaired) electrons. The molecular formula is C17H33NO3. The highest BCUT2D eigenvalue weighted by Gasteiger charge is 2.47. The summed E-state index contributed by atoms with van der Waals surface area (Å²) in [5.41, 5.74) is -0.707. The molecule has 0 aromatic heterocycles. The molecular weight excluding hydrogens is 266 g/mol. The number of amides is 1. The minimum Gasteiger partial charge on any atom is -0.463 e. The van der Waals surface area contributed by atoms with Crippen LogP contribution < -0.4 is 5.32 Å². The second-order valence-corrected chi connectivity index (χ2v) is 8.16. The van der Waals surface area contributed by atoms with Crippen LogP contribution in [-0.2, 0) is 14.3 Å². The summed E-state index contributed by atoms with van der Waals surface area (Å²) in [5, 5.41) is 2.71. The summed E-state index contributed by atoms with van der Waals surface area (Å²) < 4.78 is 5.42. The molecule has 0 spiro atoms. The van der Waals surface area contributed by atoms with E-state index in [0.29, 0.717) is 13.0 Å². The van der Waals surface area contributed by atoms with E-state index in [4.69, 9.17) is 4.74 Å². The van der Waals surface area contributed by atoms with E-state index >= 15 is 0 Å². The first kappa shape index (κ1) is 19.9.